The van der Waals surface area contributed by atoms with Gasteiger partial charge in [0.2, 0.25) is 0 Å². The van der Waals surface area contributed by atoms with Gasteiger partial charge in [-0.3, -0.25) is 4.98 Å². The van der Waals surface area contributed by atoms with Crippen LogP contribution < -0.4 is 5.76 Å². The summed E-state index contributed by atoms with van der Waals surface area (Å²) in [5, 5.41) is 0. The minimum absolute atomic E-state index is 0.455. The monoisotopic (exact) mass is 207 g/mol. The first-order chi connectivity index (χ1) is 7.27. The minimum Gasteiger partial charge on any atom is -0.416 e. The molecule has 0 aliphatic heterocycles. The maximum Gasteiger partial charge on any atom is 0.416 e. The van der Waals surface area contributed by atoms with Crippen LogP contribution in [0.5, 0.6) is 0 Å². The summed E-state index contributed by atoms with van der Waals surface area (Å²) in [5.74, 6) is -0.455. The van der Waals surface area contributed by atoms with Crippen LogP contribution in [0.1, 0.15) is 26.5 Å². The Bertz CT molecular complexity index is 394. The molecule has 1 aromatic rings. The third kappa shape index (κ3) is 4.31. The molecule has 0 aliphatic carbocycles. The average molecular weight is 207 g/mol. The Hall–Kier alpha value is -1.77. The summed E-state index contributed by atoms with van der Waals surface area (Å²) in [6.45, 7) is 9.55. The summed E-state index contributed by atoms with van der Waals surface area (Å²) < 4.78 is 4.60. The average Bonchev–Trinajstić information content (AvgIpc) is 2.69. The van der Waals surface area contributed by atoms with Crippen molar-refractivity contribution < 1.29 is 4.42 Å². The van der Waals surface area contributed by atoms with Gasteiger partial charge in [0.05, 0.1) is 5.69 Å². The van der Waals surface area contributed by atoms with Crippen LogP contribution in [0, 0.1) is 0 Å². The highest BCUT2D eigenvalue weighted by molar-refractivity contribution is 5.71. The van der Waals surface area contributed by atoms with Gasteiger partial charge >= 0.3 is 5.76 Å². The van der Waals surface area contributed by atoms with Crippen LogP contribution in [0.3, 0.4) is 0 Å². The second-order valence-corrected chi connectivity index (χ2v) is 2.41. The fraction of sp³-hybridized carbons (Fsp3) is 0.250. The normalized spacial score (nSPS) is 11.0. The van der Waals surface area contributed by atoms with E-state index in [1.54, 1.807) is 6.08 Å². The van der Waals surface area contributed by atoms with Gasteiger partial charge in [-0.15, -0.1) is 0 Å². The van der Waals surface area contributed by atoms with Gasteiger partial charge in [-0.05, 0) is 6.92 Å². The Kier molecular flexibility index (Phi) is 6.72. The molecular weight excluding hydrogens is 190 g/mol. The van der Waals surface area contributed by atoms with E-state index in [2.05, 4.69) is 16.0 Å². The smallest absolute Gasteiger partial charge is 0.416 e. The van der Waals surface area contributed by atoms with E-state index in [9.17, 15) is 4.79 Å². The molecule has 1 aromatic heterocycles. The highest BCUT2D eigenvalue weighted by Gasteiger charge is 1.99. The van der Waals surface area contributed by atoms with Gasteiger partial charge in [0.15, 0.2) is 0 Å². The van der Waals surface area contributed by atoms with Gasteiger partial charge in [-0.1, -0.05) is 44.7 Å². The SMILES string of the molecule is C=C/C(=C\C=C/C)c1coc(=O)[nH]1.CC. The number of hydrogen-bond acceptors (Lipinski definition) is 2. The van der Waals surface area contributed by atoms with Crippen molar-refractivity contribution in [1.82, 2.24) is 4.98 Å². The summed E-state index contributed by atoms with van der Waals surface area (Å²) in [4.78, 5) is 13.2. The van der Waals surface area contributed by atoms with Gasteiger partial charge in [0.25, 0.3) is 0 Å². The molecule has 0 unspecified atom stereocenters. The molecule has 1 N–H and O–H groups in total. The van der Waals surface area contributed by atoms with E-state index in [0.29, 0.717) is 5.69 Å². The first-order valence-electron chi connectivity index (χ1n) is 4.91. The van der Waals surface area contributed by atoms with Crippen molar-refractivity contribution in [2.24, 2.45) is 0 Å². The molecule has 15 heavy (non-hydrogen) atoms. The minimum atomic E-state index is -0.455. The predicted octanol–water partition coefficient (Wildman–Crippen LogP) is 3.14. The first-order valence-corrected chi connectivity index (χ1v) is 4.91. The number of nitrogens with one attached hydrogen (secondary N) is 1. The number of allylic oxidation sites excluding steroid dienone is 5. The van der Waals surface area contributed by atoms with Crippen LogP contribution in [0.15, 0.2) is 46.4 Å². The van der Waals surface area contributed by atoms with E-state index in [1.807, 2.05) is 39.0 Å². The van der Waals surface area contributed by atoms with E-state index >= 15 is 0 Å². The molecule has 3 heteroatoms. The Balaban J connectivity index is 0.000000921. The summed E-state index contributed by atoms with van der Waals surface area (Å²) in [6.07, 6.45) is 8.62. The molecule has 0 spiro atoms. The Morgan fingerprint density at radius 2 is 2.20 bits per heavy atom. The highest BCUT2D eigenvalue weighted by Crippen LogP contribution is 2.10. The molecule has 0 amide bonds. The molecule has 1 heterocycles. The molecule has 0 saturated carbocycles. The van der Waals surface area contributed by atoms with Gasteiger partial charge < -0.3 is 4.42 Å². The number of aromatic amines is 1. The van der Waals surface area contributed by atoms with Crippen LogP contribution in [0.2, 0.25) is 0 Å². The quantitative estimate of drug-likeness (QED) is 0.774. The summed E-state index contributed by atoms with van der Waals surface area (Å²) in [6, 6.07) is 0. The molecule has 0 aliphatic rings. The maximum atomic E-state index is 10.7. The van der Waals surface area contributed by atoms with Gasteiger partial charge in [0.1, 0.15) is 6.26 Å². The second kappa shape index (κ2) is 7.62. The van der Waals surface area contributed by atoms with Crippen LogP contribution in [0.25, 0.3) is 5.57 Å². The number of aromatic nitrogens is 1. The van der Waals surface area contributed by atoms with E-state index in [0.717, 1.165) is 5.57 Å². The van der Waals surface area contributed by atoms with Crippen molar-refractivity contribution in [3.8, 4) is 0 Å². The fourth-order valence-corrected chi connectivity index (χ4v) is 0.889. The fourth-order valence-electron chi connectivity index (χ4n) is 0.889. The summed E-state index contributed by atoms with van der Waals surface area (Å²) >= 11 is 0. The first kappa shape index (κ1) is 13.2. The molecule has 0 saturated heterocycles. The van der Waals surface area contributed by atoms with Crippen LogP contribution in [0.4, 0.5) is 0 Å². The van der Waals surface area contributed by atoms with Crippen molar-refractivity contribution in [1.29, 1.82) is 0 Å². The molecule has 3 nitrogen and oxygen atoms in total. The van der Waals surface area contributed by atoms with Crippen molar-refractivity contribution >= 4 is 5.57 Å². The van der Waals surface area contributed by atoms with Crippen molar-refractivity contribution in [2.45, 2.75) is 20.8 Å². The van der Waals surface area contributed by atoms with Crippen LogP contribution >= 0.6 is 0 Å². The lowest BCUT2D eigenvalue weighted by Gasteiger charge is -1.92. The van der Waals surface area contributed by atoms with E-state index in [-0.39, 0.29) is 0 Å². The zero-order chi connectivity index (χ0) is 11.7. The van der Waals surface area contributed by atoms with Gasteiger partial charge in [0, 0.05) is 5.57 Å². The lowest BCUT2D eigenvalue weighted by atomic mass is 10.2. The van der Waals surface area contributed by atoms with Crippen LogP contribution in [-0.4, -0.2) is 4.98 Å². The molecule has 82 valence electrons. The Morgan fingerprint density at radius 3 is 2.60 bits per heavy atom. The molecule has 1 rings (SSSR count). The molecule has 0 aromatic carbocycles. The lowest BCUT2D eigenvalue weighted by molar-refractivity contribution is 0.515. The number of hydrogen-bond donors (Lipinski definition) is 1. The van der Waals surface area contributed by atoms with Gasteiger partial charge in [-0.2, -0.15) is 0 Å². The van der Waals surface area contributed by atoms with E-state index in [1.165, 1.54) is 6.26 Å². The van der Waals surface area contributed by atoms with Crippen molar-refractivity contribution in [3.05, 3.63) is 53.4 Å². The number of rotatable bonds is 3. The Morgan fingerprint density at radius 1 is 1.53 bits per heavy atom. The Labute approximate surface area is 89.8 Å². The van der Waals surface area contributed by atoms with E-state index in [4.69, 9.17) is 0 Å². The molecule has 0 fully saturated rings. The second-order valence-electron chi connectivity index (χ2n) is 2.41. The van der Waals surface area contributed by atoms with E-state index < -0.39 is 5.76 Å². The maximum absolute atomic E-state index is 10.7. The highest BCUT2D eigenvalue weighted by atomic mass is 16.4. The summed E-state index contributed by atoms with van der Waals surface area (Å²) in [5.41, 5.74) is 1.46. The van der Waals surface area contributed by atoms with Gasteiger partial charge in [-0.25, -0.2) is 4.79 Å². The standard InChI is InChI=1S/C10H11NO2.C2H6/c1-3-5-6-8(4-2)9-7-13-10(12)11-9;1-2/h3-7H,2H2,1H3,(H,11,12);1-2H3/b5-3-,8-6+;. The third-order valence-electron chi connectivity index (χ3n) is 1.52. The topological polar surface area (TPSA) is 46.0 Å². The number of oxazole rings is 1. The molecule has 0 radical (unpaired) electrons. The zero-order valence-corrected chi connectivity index (χ0v) is 9.41. The zero-order valence-electron chi connectivity index (χ0n) is 9.41. The summed E-state index contributed by atoms with van der Waals surface area (Å²) in [7, 11) is 0. The molecular formula is C12H17NO2. The van der Waals surface area contributed by atoms with Crippen LogP contribution in [-0.2, 0) is 0 Å². The lowest BCUT2D eigenvalue weighted by Crippen LogP contribution is -1.95. The molecule has 0 bridgehead atoms. The molecule has 0 atom stereocenters. The predicted molar refractivity (Wildman–Crippen MR) is 63.7 cm³/mol. The van der Waals surface area contributed by atoms with Crippen molar-refractivity contribution in [3.63, 3.8) is 0 Å². The number of H-pyrrole nitrogens is 1. The van der Waals surface area contributed by atoms with Crippen molar-refractivity contribution in [2.75, 3.05) is 0 Å². The largest absolute Gasteiger partial charge is 0.416 e. The third-order valence-corrected chi connectivity index (χ3v) is 1.52.